The fourth-order valence-electron chi connectivity index (χ4n) is 2.54. The zero-order valence-corrected chi connectivity index (χ0v) is 15.1. The van der Waals surface area contributed by atoms with E-state index in [1.165, 1.54) is 0 Å². The Morgan fingerprint density at radius 2 is 1.86 bits per heavy atom. The molecule has 130 valence electrons. The number of carbonyl (C=O) groups is 1. The van der Waals surface area contributed by atoms with E-state index in [0.717, 1.165) is 39.1 Å². The van der Waals surface area contributed by atoms with Crippen molar-refractivity contribution < 1.29 is 14.3 Å². The first-order valence-corrected chi connectivity index (χ1v) is 8.54. The van der Waals surface area contributed by atoms with Gasteiger partial charge < -0.3 is 19.7 Å². The lowest BCUT2D eigenvalue weighted by Crippen LogP contribution is -2.51. The lowest BCUT2D eigenvalue weighted by molar-refractivity contribution is 0.0186. The van der Waals surface area contributed by atoms with Crippen LogP contribution in [0.2, 0.25) is 0 Å². The van der Waals surface area contributed by atoms with Crippen molar-refractivity contribution in [2.24, 2.45) is 5.92 Å². The van der Waals surface area contributed by atoms with Crippen LogP contribution in [0.1, 0.15) is 54.4 Å². The maximum atomic E-state index is 12.1. The highest BCUT2D eigenvalue weighted by atomic mass is 16.6. The molecule has 1 amide bonds. The molecule has 1 rings (SSSR count). The number of piperidine rings is 1. The third-order valence-corrected chi connectivity index (χ3v) is 3.90. The SMILES string of the molecule is CCOCC(NC1CCN(C(=O)OC(C)(C)C)CC1)C(C)C. The Bertz CT molecular complexity index is 331. The summed E-state index contributed by atoms with van der Waals surface area (Å²) in [5.41, 5.74) is -0.424. The first kappa shape index (κ1) is 19.2. The lowest BCUT2D eigenvalue weighted by atomic mass is 10.00. The largest absolute Gasteiger partial charge is 0.444 e. The molecule has 0 aromatic rings. The first-order valence-electron chi connectivity index (χ1n) is 8.54. The molecule has 0 saturated carbocycles. The lowest BCUT2D eigenvalue weighted by Gasteiger charge is -2.36. The Balaban J connectivity index is 2.39. The maximum absolute atomic E-state index is 12.1. The molecule has 0 aromatic carbocycles. The Hall–Kier alpha value is -0.810. The molecule has 0 aliphatic carbocycles. The van der Waals surface area contributed by atoms with Crippen molar-refractivity contribution in [3.8, 4) is 0 Å². The van der Waals surface area contributed by atoms with Crippen molar-refractivity contribution in [2.45, 2.75) is 72.1 Å². The number of amides is 1. The van der Waals surface area contributed by atoms with Crippen LogP contribution < -0.4 is 5.32 Å². The van der Waals surface area contributed by atoms with Gasteiger partial charge in [0.15, 0.2) is 0 Å². The van der Waals surface area contributed by atoms with Crippen LogP contribution in [0.3, 0.4) is 0 Å². The van der Waals surface area contributed by atoms with Crippen LogP contribution in [0.5, 0.6) is 0 Å². The molecular formula is C17H34N2O3. The molecule has 0 spiro atoms. The summed E-state index contributed by atoms with van der Waals surface area (Å²) in [6.07, 6.45) is 1.74. The number of likely N-dealkylation sites (tertiary alicyclic amines) is 1. The van der Waals surface area contributed by atoms with E-state index in [9.17, 15) is 4.79 Å². The van der Waals surface area contributed by atoms with Gasteiger partial charge in [-0.1, -0.05) is 13.8 Å². The summed E-state index contributed by atoms with van der Waals surface area (Å²) < 4.78 is 11.0. The number of ether oxygens (including phenoxy) is 2. The van der Waals surface area contributed by atoms with Gasteiger partial charge in [-0.15, -0.1) is 0 Å². The highest BCUT2D eigenvalue weighted by Gasteiger charge is 2.28. The molecule has 0 aromatic heterocycles. The molecule has 1 aliphatic heterocycles. The van der Waals surface area contributed by atoms with Gasteiger partial charge in [-0.3, -0.25) is 0 Å². The van der Waals surface area contributed by atoms with E-state index in [2.05, 4.69) is 19.2 Å². The van der Waals surface area contributed by atoms with Crippen LogP contribution >= 0.6 is 0 Å². The normalized spacial score (nSPS) is 18.6. The second-order valence-electron chi connectivity index (χ2n) is 7.42. The van der Waals surface area contributed by atoms with Gasteiger partial charge in [-0.2, -0.15) is 0 Å². The van der Waals surface area contributed by atoms with Gasteiger partial charge in [0.1, 0.15) is 5.60 Å². The summed E-state index contributed by atoms with van der Waals surface area (Å²) >= 11 is 0. The van der Waals surface area contributed by atoms with Crippen LogP contribution in [0.25, 0.3) is 0 Å². The van der Waals surface area contributed by atoms with Gasteiger partial charge in [-0.25, -0.2) is 4.79 Å². The standard InChI is InChI=1S/C17H34N2O3/c1-7-21-12-15(13(2)3)18-14-8-10-19(11-9-14)16(20)22-17(4,5)6/h13-15,18H,7-12H2,1-6H3. The minimum atomic E-state index is -0.424. The molecule has 0 radical (unpaired) electrons. The Morgan fingerprint density at radius 3 is 2.32 bits per heavy atom. The smallest absolute Gasteiger partial charge is 0.410 e. The predicted octanol–water partition coefficient (Wildman–Crippen LogP) is 3.04. The van der Waals surface area contributed by atoms with Crippen LogP contribution in [0.15, 0.2) is 0 Å². The number of carbonyl (C=O) groups excluding carboxylic acids is 1. The molecule has 1 heterocycles. The molecule has 5 nitrogen and oxygen atoms in total. The molecule has 22 heavy (non-hydrogen) atoms. The fraction of sp³-hybridized carbons (Fsp3) is 0.941. The van der Waals surface area contributed by atoms with E-state index in [4.69, 9.17) is 9.47 Å². The summed E-state index contributed by atoms with van der Waals surface area (Å²) in [7, 11) is 0. The van der Waals surface area contributed by atoms with E-state index in [0.29, 0.717) is 18.0 Å². The predicted molar refractivity (Wildman–Crippen MR) is 89.1 cm³/mol. The number of hydrogen-bond donors (Lipinski definition) is 1. The molecule has 1 aliphatic rings. The minimum Gasteiger partial charge on any atom is -0.444 e. The minimum absolute atomic E-state index is 0.194. The van der Waals surface area contributed by atoms with Gasteiger partial charge in [0.25, 0.3) is 0 Å². The molecule has 1 unspecified atom stereocenters. The molecule has 1 fully saturated rings. The van der Waals surface area contributed by atoms with Crippen molar-refractivity contribution in [2.75, 3.05) is 26.3 Å². The van der Waals surface area contributed by atoms with Gasteiger partial charge in [0.2, 0.25) is 0 Å². The summed E-state index contributed by atoms with van der Waals surface area (Å²) in [6.45, 7) is 15.2. The first-order chi connectivity index (χ1) is 10.2. The zero-order chi connectivity index (χ0) is 16.8. The monoisotopic (exact) mass is 314 g/mol. The van der Waals surface area contributed by atoms with Crippen molar-refractivity contribution in [1.29, 1.82) is 0 Å². The van der Waals surface area contributed by atoms with Crippen molar-refractivity contribution in [1.82, 2.24) is 10.2 Å². The topological polar surface area (TPSA) is 50.8 Å². The van der Waals surface area contributed by atoms with E-state index in [1.54, 1.807) is 0 Å². The quantitative estimate of drug-likeness (QED) is 0.819. The van der Waals surface area contributed by atoms with Crippen LogP contribution in [-0.2, 0) is 9.47 Å². The molecule has 5 heteroatoms. The average Bonchev–Trinajstić information content (AvgIpc) is 2.42. The average molecular weight is 314 g/mol. The van der Waals surface area contributed by atoms with E-state index >= 15 is 0 Å². The second-order valence-corrected chi connectivity index (χ2v) is 7.42. The Labute approximate surface area is 135 Å². The summed E-state index contributed by atoms with van der Waals surface area (Å²) in [4.78, 5) is 13.9. The van der Waals surface area contributed by atoms with Crippen LogP contribution in [0.4, 0.5) is 4.79 Å². The van der Waals surface area contributed by atoms with Crippen molar-refractivity contribution in [3.63, 3.8) is 0 Å². The molecular weight excluding hydrogens is 280 g/mol. The number of rotatable bonds is 6. The van der Waals surface area contributed by atoms with Crippen molar-refractivity contribution >= 4 is 6.09 Å². The van der Waals surface area contributed by atoms with Crippen LogP contribution in [-0.4, -0.2) is 55.0 Å². The van der Waals surface area contributed by atoms with E-state index in [1.807, 2.05) is 32.6 Å². The van der Waals surface area contributed by atoms with E-state index < -0.39 is 5.60 Å². The fourth-order valence-corrected chi connectivity index (χ4v) is 2.54. The summed E-state index contributed by atoms with van der Waals surface area (Å²) in [5, 5.41) is 3.69. The summed E-state index contributed by atoms with van der Waals surface area (Å²) in [6, 6.07) is 0.824. The Morgan fingerprint density at radius 1 is 1.27 bits per heavy atom. The van der Waals surface area contributed by atoms with Crippen molar-refractivity contribution in [3.05, 3.63) is 0 Å². The number of nitrogens with zero attached hydrogens (tertiary/aromatic N) is 1. The van der Waals surface area contributed by atoms with Gasteiger partial charge >= 0.3 is 6.09 Å². The molecule has 1 saturated heterocycles. The number of hydrogen-bond acceptors (Lipinski definition) is 4. The van der Waals surface area contributed by atoms with Gasteiger partial charge in [0.05, 0.1) is 6.61 Å². The van der Waals surface area contributed by atoms with Gasteiger partial charge in [0, 0.05) is 31.8 Å². The molecule has 0 bridgehead atoms. The third-order valence-electron chi connectivity index (χ3n) is 3.90. The maximum Gasteiger partial charge on any atom is 0.410 e. The molecule has 1 N–H and O–H groups in total. The highest BCUT2D eigenvalue weighted by molar-refractivity contribution is 5.68. The van der Waals surface area contributed by atoms with E-state index in [-0.39, 0.29) is 6.09 Å². The summed E-state index contributed by atoms with van der Waals surface area (Å²) in [5.74, 6) is 0.537. The second kappa shape index (κ2) is 8.73. The highest BCUT2D eigenvalue weighted by Crippen LogP contribution is 2.17. The Kier molecular flexibility index (Phi) is 7.63. The number of nitrogens with one attached hydrogen (secondary N) is 1. The van der Waals surface area contributed by atoms with Gasteiger partial charge in [-0.05, 0) is 46.5 Å². The zero-order valence-electron chi connectivity index (χ0n) is 15.1. The molecule has 1 atom stereocenters. The third kappa shape index (κ3) is 6.97. The van der Waals surface area contributed by atoms with Crippen LogP contribution in [0, 0.1) is 5.92 Å².